The van der Waals surface area contributed by atoms with Crippen LogP contribution in [0.3, 0.4) is 0 Å². The molecule has 0 radical (unpaired) electrons. The van der Waals surface area contributed by atoms with Crippen LogP contribution in [0, 0.1) is 0 Å². The van der Waals surface area contributed by atoms with E-state index in [0.29, 0.717) is 12.6 Å². The van der Waals surface area contributed by atoms with Gasteiger partial charge in [-0.3, -0.25) is 0 Å². The normalized spacial score (nSPS) is 10.9. The quantitative estimate of drug-likeness (QED) is 0.545. The van der Waals surface area contributed by atoms with Crippen LogP contribution in [0.4, 0.5) is 0 Å². The van der Waals surface area contributed by atoms with E-state index < -0.39 is 0 Å². The molecule has 22 heavy (non-hydrogen) atoms. The van der Waals surface area contributed by atoms with E-state index in [4.69, 9.17) is 4.74 Å². The summed E-state index contributed by atoms with van der Waals surface area (Å²) >= 11 is 3.50. The minimum absolute atomic E-state index is 0.489. The molecule has 0 fully saturated rings. The van der Waals surface area contributed by atoms with Crippen molar-refractivity contribution in [3.63, 3.8) is 0 Å². The van der Waals surface area contributed by atoms with Gasteiger partial charge < -0.3 is 10.1 Å². The smallest absolute Gasteiger partial charge is 0.133 e. The first-order valence-corrected chi connectivity index (χ1v) is 9.50. The first-order chi connectivity index (χ1) is 10.7. The summed E-state index contributed by atoms with van der Waals surface area (Å²) in [4.78, 5) is 3.67. The van der Waals surface area contributed by atoms with E-state index in [0.717, 1.165) is 17.2 Å². The van der Waals surface area contributed by atoms with E-state index in [1.54, 1.807) is 23.5 Å². The summed E-state index contributed by atoms with van der Waals surface area (Å²) in [5.41, 5.74) is 0. The van der Waals surface area contributed by atoms with Gasteiger partial charge >= 0.3 is 0 Å². The maximum absolute atomic E-state index is 5.92. The van der Waals surface area contributed by atoms with Crippen LogP contribution in [0.2, 0.25) is 0 Å². The SMILES string of the molecule is CSc1ccc(Sc2ccccc2OCCNC(C)C)cc1. The van der Waals surface area contributed by atoms with Crippen molar-refractivity contribution in [2.75, 3.05) is 19.4 Å². The van der Waals surface area contributed by atoms with Crippen molar-refractivity contribution in [1.82, 2.24) is 5.32 Å². The molecule has 0 aliphatic heterocycles. The van der Waals surface area contributed by atoms with Gasteiger partial charge in [-0.15, -0.1) is 11.8 Å². The summed E-state index contributed by atoms with van der Waals surface area (Å²) in [5.74, 6) is 0.951. The number of hydrogen-bond acceptors (Lipinski definition) is 4. The molecular formula is C18H23NOS2. The van der Waals surface area contributed by atoms with Gasteiger partial charge in [0, 0.05) is 22.4 Å². The van der Waals surface area contributed by atoms with Gasteiger partial charge in [0.05, 0.1) is 4.90 Å². The number of nitrogens with one attached hydrogen (secondary N) is 1. The van der Waals surface area contributed by atoms with E-state index in [1.807, 2.05) is 12.1 Å². The minimum atomic E-state index is 0.489. The maximum atomic E-state index is 5.92. The summed E-state index contributed by atoms with van der Waals surface area (Å²) < 4.78 is 5.92. The molecule has 0 amide bonds. The monoisotopic (exact) mass is 333 g/mol. The predicted octanol–water partition coefficient (Wildman–Crippen LogP) is 4.94. The Morgan fingerprint density at radius 1 is 1.00 bits per heavy atom. The molecule has 4 heteroatoms. The van der Waals surface area contributed by atoms with E-state index in [-0.39, 0.29) is 0 Å². The molecule has 0 unspecified atom stereocenters. The van der Waals surface area contributed by atoms with Crippen molar-refractivity contribution in [2.45, 2.75) is 34.6 Å². The highest BCUT2D eigenvalue weighted by atomic mass is 32.2. The Balaban J connectivity index is 1.97. The lowest BCUT2D eigenvalue weighted by Crippen LogP contribution is -2.27. The van der Waals surface area contributed by atoms with E-state index in [9.17, 15) is 0 Å². The minimum Gasteiger partial charge on any atom is -0.491 e. The molecule has 0 bridgehead atoms. The number of rotatable bonds is 8. The van der Waals surface area contributed by atoms with Gasteiger partial charge in [0.15, 0.2) is 0 Å². The van der Waals surface area contributed by atoms with Crippen molar-refractivity contribution in [1.29, 1.82) is 0 Å². The van der Waals surface area contributed by atoms with Gasteiger partial charge in [-0.25, -0.2) is 0 Å². The van der Waals surface area contributed by atoms with Crippen molar-refractivity contribution in [3.8, 4) is 5.75 Å². The fourth-order valence-electron chi connectivity index (χ4n) is 1.93. The third-order valence-electron chi connectivity index (χ3n) is 3.05. The second-order valence-electron chi connectivity index (χ2n) is 5.18. The van der Waals surface area contributed by atoms with Gasteiger partial charge in [0.1, 0.15) is 12.4 Å². The zero-order valence-electron chi connectivity index (χ0n) is 13.3. The van der Waals surface area contributed by atoms with E-state index in [1.165, 1.54) is 9.79 Å². The highest BCUT2D eigenvalue weighted by molar-refractivity contribution is 7.99. The van der Waals surface area contributed by atoms with Crippen LogP contribution < -0.4 is 10.1 Å². The zero-order chi connectivity index (χ0) is 15.8. The van der Waals surface area contributed by atoms with Crippen LogP contribution in [0.1, 0.15) is 13.8 Å². The van der Waals surface area contributed by atoms with E-state index in [2.05, 4.69) is 61.8 Å². The zero-order valence-corrected chi connectivity index (χ0v) is 15.0. The second kappa shape index (κ2) is 9.13. The number of benzene rings is 2. The molecule has 0 aromatic heterocycles. The first kappa shape index (κ1) is 17.3. The average molecular weight is 334 g/mol. The molecule has 0 aliphatic rings. The first-order valence-electron chi connectivity index (χ1n) is 7.46. The molecule has 0 aliphatic carbocycles. The van der Waals surface area contributed by atoms with Gasteiger partial charge in [0.25, 0.3) is 0 Å². The lowest BCUT2D eigenvalue weighted by Gasteiger charge is -2.13. The third-order valence-corrected chi connectivity index (χ3v) is 4.86. The second-order valence-corrected chi connectivity index (χ2v) is 7.18. The maximum Gasteiger partial charge on any atom is 0.133 e. The van der Waals surface area contributed by atoms with Gasteiger partial charge in [-0.05, 0) is 42.7 Å². The molecular weight excluding hydrogens is 310 g/mol. The van der Waals surface area contributed by atoms with Gasteiger partial charge in [-0.1, -0.05) is 37.7 Å². The van der Waals surface area contributed by atoms with Crippen molar-refractivity contribution in [2.24, 2.45) is 0 Å². The van der Waals surface area contributed by atoms with Crippen LogP contribution in [0.25, 0.3) is 0 Å². The number of ether oxygens (including phenoxy) is 1. The molecule has 118 valence electrons. The molecule has 2 nitrogen and oxygen atoms in total. The third kappa shape index (κ3) is 5.59. The predicted molar refractivity (Wildman–Crippen MR) is 97.4 cm³/mol. The Hall–Kier alpha value is -1.10. The molecule has 0 atom stereocenters. The summed E-state index contributed by atoms with van der Waals surface area (Å²) in [6, 6.07) is 17.3. The Labute approximate surface area is 142 Å². The van der Waals surface area contributed by atoms with Crippen LogP contribution in [-0.2, 0) is 0 Å². The summed E-state index contributed by atoms with van der Waals surface area (Å²) in [7, 11) is 0. The van der Waals surface area contributed by atoms with Gasteiger partial charge in [-0.2, -0.15) is 0 Å². The topological polar surface area (TPSA) is 21.3 Å². The fraction of sp³-hybridized carbons (Fsp3) is 0.333. The summed E-state index contributed by atoms with van der Waals surface area (Å²) in [6.07, 6.45) is 2.09. The van der Waals surface area contributed by atoms with Crippen LogP contribution in [-0.4, -0.2) is 25.4 Å². The highest BCUT2D eigenvalue weighted by Crippen LogP contribution is 2.35. The molecule has 0 heterocycles. The molecule has 0 saturated heterocycles. The van der Waals surface area contributed by atoms with Crippen LogP contribution in [0.5, 0.6) is 5.75 Å². The van der Waals surface area contributed by atoms with Crippen LogP contribution >= 0.6 is 23.5 Å². The Bertz CT molecular complexity index is 570. The highest BCUT2D eigenvalue weighted by Gasteiger charge is 2.05. The van der Waals surface area contributed by atoms with Crippen molar-refractivity contribution in [3.05, 3.63) is 48.5 Å². The number of para-hydroxylation sites is 1. The average Bonchev–Trinajstić information content (AvgIpc) is 2.53. The van der Waals surface area contributed by atoms with Crippen LogP contribution in [0.15, 0.2) is 63.2 Å². The lowest BCUT2D eigenvalue weighted by molar-refractivity contribution is 0.302. The molecule has 0 spiro atoms. The molecule has 2 rings (SSSR count). The Morgan fingerprint density at radius 2 is 1.68 bits per heavy atom. The van der Waals surface area contributed by atoms with Crippen molar-refractivity contribution < 1.29 is 4.74 Å². The number of hydrogen-bond donors (Lipinski definition) is 1. The molecule has 2 aromatic rings. The Morgan fingerprint density at radius 3 is 2.36 bits per heavy atom. The van der Waals surface area contributed by atoms with Crippen molar-refractivity contribution >= 4 is 23.5 Å². The molecule has 0 saturated carbocycles. The standard InChI is InChI=1S/C18H23NOS2/c1-14(2)19-12-13-20-17-6-4-5-7-18(17)22-16-10-8-15(21-3)9-11-16/h4-11,14,19H,12-13H2,1-3H3. The lowest BCUT2D eigenvalue weighted by atomic mass is 10.3. The Kier molecular flexibility index (Phi) is 7.16. The molecule has 2 aromatic carbocycles. The summed E-state index contributed by atoms with van der Waals surface area (Å²) in [5, 5.41) is 3.36. The largest absolute Gasteiger partial charge is 0.491 e. The fourth-order valence-corrected chi connectivity index (χ4v) is 3.24. The van der Waals surface area contributed by atoms with Gasteiger partial charge in [0.2, 0.25) is 0 Å². The molecule has 1 N–H and O–H groups in total. The summed E-state index contributed by atoms with van der Waals surface area (Å²) in [6.45, 7) is 5.82. The number of thioether (sulfide) groups is 1. The van der Waals surface area contributed by atoms with E-state index >= 15 is 0 Å².